The molecule has 0 amide bonds. The third kappa shape index (κ3) is 3.18. The predicted molar refractivity (Wildman–Crippen MR) is 60.5 cm³/mol. The molecule has 13 heavy (non-hydrogen) atoms. The summed E-state index contributed by atoms with van der Waals surface area (Å²) in [6.45, 7) is 4.18. The van der Waals surface area contributed by atoms with Crippen molar-refractivity contribution in [2.45, 2.75) is 19.9 Å². The van der Waals surface area contributed by atoms with Crippen LogP contribution in [-0.4, -0.2) is 0 Å². The van der Waals surface area contributed by atoms with Gasteiger partial charge in [0.25, 0.3) is 0 Å². The van der Waals surface area contributed by atoms with Gasteiger partial charge in [-0.25, -0.2) is 0 Å². The first kappa shape index (κ1) is 12.8. The van der Waals surface area contributed by atoms with Gasteiger partial charge in [0.05, 0.1) is 0 Å². The van der Waals surface area contributed by atoms with E-state index in [1.807, 2.05) is 24.3 Å². The van der Waals surface area contributed by atoms with E-state index < -0.39 is 0 Å². The zero-order chi connectivity index (χ0) is 9.14. The molecule has 2 N–H and O–H groups in total. The Hall–Kier alpha value is -0.240. The Morgan fingerprint density at radius 3 is 2.23 bits per heavy atom. The highest BCUT2D eigenvalue weighted by atomic mass is 35.5. The van der Waals surface area contributed by atoms with Gasteiger partial charge < -0.3 is 5.73 Å². The molecule has 0 saturated heterocycles. The second-order valence-corrected chi connectivity index (χ2v) is 3.70. The molecule has 0 bridgehead atoms. The van der Waals surface area contributed by atoms with Crippen LogP contribution in [0, 0.1) is 5.92 Å². The number of halogens is 2. The third-order valence-corrected chi connectivity index (χ3v) is 2.33. The number of hydrogen-bond acceptors (Lipinski definition) is 1. The summed E-state index contributed by atoms with van der Waals surface area (Å²) >= 11 is 5.98. The van der Waals surface area contributed by atoms with Gasteiger partial charge in [0.2, 0.25) is 0 Å². The van der Waals surface area contributed by atoms with E-state index in [-0.39, 0.29) is 18.4 Å². The van der Waals surface area contributed by atoms with Gasteiger partial charge in [0.1, 0.15) is 0 Å². The molecule has 0 aliphatic rings. The van der Waals surface area contributed by atoms with E-state index in [0.717, 1.165) is 10.6 Å². The lowest BCUT2D eigenvalue weighted by Crippen LogP contribution is -2.16. The summed E-state index contributed by atoms with van der Waals surface area (Å²) in [7, 11) is 0. The SMILES string of the molecule is CC(C)[C@@H](N)c1ccccc1Cl.Cl. The van der Waals surface area contributed by atoms with E-state index in [0.29, 0.717) is 5.92 Å². The van der Waals surface area contributed by atoms with Crippen LogP contribution in [0.25, 0.3) is 0 Å². The summed E-state index contributed by atoms with van der Waals surface area (Å²) in [4.78, 5) is 0. The number of hydrogen-bond donors (Lipinski definition) is 1. The van der Waals surface area contributed by atoms with Gasteiger partial charge in [-0.15, -0.1) is 12.4 Å². The van der Waals surface area contributed by atoms with Crippen molar-refractivity contribution in [1.82, 2.24) is 0 Å². The first-order chi connectivity index (χ1) is 5.63. The summed E-state index contributed by atoms with van der Waals surface area (Å²) < 4.78 is 0. The number of rotatable bonds is 2. The highest BCUT2D eigenvalue weighted by Crippen LogP contribution is 2.25. The molecule has 1 atom stereocenters. The number of nitrogens with two attached hydrogens (primary N) is 1. The Morgan fingerprint density at radius 2 is 1.77 bits per heavy atom. The maximum atomic E-state index is 5.98. The van der Waals surface area contributed by atoms with E-state index in [4.69, 9.17) is 17.3 Å². The normalized spacial score (nSPS) is 12.4. The minimum Gasteiger partial charge on any atom is -0.324 e. The maximum absolute atomic E-state index is 5.98. The minimum absolute atomic E-state index is 0. The average molecular weight is 220 g/mol. The lowest BCUT2D eigenvalue weighted by atomic mass is 9.97. The van der Waals surface area contributed by atoms with Gasteiger partial charge in [-0.05, 0) is 17.5 Å². The van der Waals surface area contributed by atoms with Crippen molar-refractivity contribution in [3.05, 3.63) is 34.9 Å². The molecule has 74 valence electrons. The predicted octanol–water partition coefficient (Wildman–Crippen LogP) is 3.42. The first-order valence-corrected chi connectivity index (χ1v) is 4.50. The van der Waals surface area contributed by atoms with Crippen molar-refractivity contribution in [2.75, 3.05) is 0 Å². The molecule has 0 radical (unpaired) electrons. The topological polar surface area (TPSA) is 26.0 Å². The fourth-order valence-electron chi connectivity index (χ4n) is 1.10. The standard InChI is InChI=1S/C10H14ClN.ClH/c1-7(2)10(12)8-5-3-4-6-9(8)11;/h3-7,10H,12H2,1-2H3;1H/t10-;/m1./s1. The number of benzene rings is 1. The summed E-state index contributed by atoms with van der Waals surface area (Å²) in [5, 5.41) is 0.763. The van der Waals surface area contributed by atoms with Crippen molar-refractivity contribution in [3.63, 3.8) is 0 Å². The Bertz CT molecular complexity index is 261. The molecule has 1 nitrogen and oxygen atoms in total. The Morgan fingerprint density at radius 1 is 1.23 bits per heavy atom. The molecule has 0 aliphatic heterocycles. The van der Waals surface area contributed by atoms with Crippen LogP contribution in [-0.2, 0) is 0 Å². The zero-order valence-electron chi connectivity index (χ0n) is 7.83. The molecule has 0 unspecified atom stereocenters. The van der Waals surface area contributed by atoms with Gasteiger partial charge in [-0.1, -0.05) is 43.6 Å². The largest absolute Gasteiger partial charge is 0.324 e. The summed E-state index contributed by atoms with van der Waals surface area (Å²) in [5.74, 6) is 0.421. The van der Waals surface area contributed by atoms with Crippen LogP contribution in [0.5, 0.6) is 0 Å². The first-order valence-electron chi connectivity index (χ1n) is 4.13. The van der Waals surface area contributed by atoms with Crippen molar-refractivity contribution < 1.29 is 0 Å². The van der Waals surface area contributed by atoms with E-state index in [2.05, 4.69) is 13.8 Å². The molecular weight excluding hydrogens is 205 g/mol. The molecule has 0 fully saturated rings. The lowest BCUT2D eigenvalue weighted by molar-refractivity contribution is 0.514. The fourth-order valence-corrected chi connectivity index (χ4v) is 1.37. The van der Waals surface area contributed by atoms with Crippen molar-refractivity contribution in [1.29, 1.82) is 0 Å². The van der Waals surface area contributed by atoms with Crippen LogP contribution in [0.3, 0.4) is 0 Å². The fraction of sp³-hybridized carbons (Fsp3) is 0.400. The van der Waals surface area contributed by atoms with Crippen LogP contribution in [0.15, 0.2) is 24.3 Å². The maximum Gasteiger partial charge on any atom is 0.0453 e. The summed E-state index contributed by atoms with van der Waals surface area (Å²) in [6.07, 6.45) is 0. The monoisotopic (exact) mass is 219 g/mol. The summed E-state index contributed by atoms with van der Waals surface area (Å²) in [6, 6.07) is 7.77. The molecule has 0 aromatic heterocycles. The average Bonchev–Trinajstić information content (AvgIpc) is 2.04. The zero-order valence-corrected chi connectivity index (χ0v) is 9.40. The van der Waals surface area contributed by atoms with Crippen molar-refractivity contribution in [2.24, 2.45) is 11.7 Å². The Balaban J connectivity index is 0.00000144. The second kappa shape index (κ2) is 5.48. The van der Waals surface area contributed by atoms with Crippen LogP contribution < -0.4 is 5.73 Å². The molecule has 1 aromatic rings. The molecule has 0 spiro atoms. The molecule has 1 rings (SSSR count). The molecule has 0 heterocycles. The van der Waals surface area contributed by atoms with Crippen LogP contribution in [0.4, 0.5) is 0 Å². The highest BCUT2D eigenvalue weighted by molar-refractivity contribution is 6.31. The Kier molecular flexibility index (Phi) is 5.38. The quantitative estimate of drug-likeness (QED) is 0.811. The van der Waals surface area contributed by atoms with E-state index in [1.54, 1.807) is 0 Å². The van der Waals surface area contributed by atoms with E-state index in [9.17, 15) is 0 Å². The van der Waals surface area contributed by atoms with Gasteiger partial charge in [0, 0.05) is 11.1 Å². The van der Waals surface area contributed by atoms with Crippen molar-refractivity contribution in [3.8, 4) is 0 Å². The lowest BCUT2D eigenvalue weighted by Gasteiger charge is -2.16. The third-order valence-electron chi connectivity index (χ3n) is 1.98. The van der Waals surface area contributed by atoms with E-state index >= 15 is 0 Å². The molecule has 1 aromatic carbocycles. The molecule has 0 aliphatic carbocycles. The van der Waals surface area contributed by atoms with Crippen LogP contribution in [0.2, 0.25) is 5.02 Å². The van der Waals surface area contributed by atoms with Gasteiger partial charge in [0.15, 0.2) is 0 Å². The van der Waals surface area contributed by atoms with Crippen LogP contribution in [0.1, 0.15) is 25.5 Å². The smallest absolute Gasteiger partial charge is 0.0453 e. The minimum atomic E-state index is 0. The van der Waals surface area contributed by atoms with Crippen molar-refractivity contribution >= 4 is 24.0 Å². The van der Waals surface area contributed by atoms with Gasteiger partial charge in [-0.3, -0.25) is 0 Å². The van der Waals surface area contributed by atoms with Crippen LogP contribution >= 0.6 is 24.0 Å². The summed E-state index contributed by atoms with van der Waals surface area (Å²) in [5.41, 5.74) is 6.99. The molecule has 3 heteroatoms. The molecular formula is C10H15Cl2N. The highest BCUT2D eigenvalue weighted by Gasteiger charge is 2.12. The molecule has 0 saturated carbocycles. The van der Waals surface area contributed by atoms with Gasteiger partial charge >= 0.3 is 0 Å². The second-order valence-electron chi connectivity index (χ2n) is 3.29. The van der Waals surface area contributed by atoms with Gasteiger partial charge in [-0.2, -0.15) is 0 Å². The Labute approximate surface area is 90.7 Å². The van der Waals surface area contributed by atoms with E-state index in [1.165, 1.54) is 0 Å².